The Balaban J connectivity index is 1.53. The fourth-order valence-electron chi connectivity index (χ4n) is 2.99. The molecule has 0 radical (unpaired) electrons. The summed E-state index contributed by atoms with van der Waals surface area (Å²) in [6.07, 6.45) is 0.431. The molecule has 3 aromatic rings. The average molecular weight is 415 g/mol. The van der Waals surface area contributed by atoms with E-state index in [-0.39, 0.29) is 11.8 Å². The normalized spacial score (nSPS) is 10.4. The highest BCUT2D eigenvalue weighted by atomic mass is 16.2. The fourth-order valence-corrected chi connectivity index (χ4v) is 2.99. The van der Waals surface area contributed by atoms with E-state index in [1.807, 2.05) is 56.3 Å². The van der Waals surface area contributed by atoms with Crippen LogP contribution in [0.3, 0.4) is 0 Å². The highest BCUT2D eigenvalue weighted by molar-refractivity contribution is 5.99. The minimum Gasteiger partial charge on any atom is -0.326 e. The molecular formula is C25H25N3O3. The van der Waals surface area contributed by atoms with E-state index < -0.39 is 11.8 Å². The quantitative estimate of drug-likeness (QED) is 0.521. The molecule has 0 saturated carbocycles. The highest BCUT2D eigenvalue weighted by Gasteiger charge is 2.10. The van der Waals surface area contributed by atoms with Gasteiger partial charge in [-0.05, 0) is 53.4 Å². The Morgan fingerprint density at radius 2 is 1.16 bits per heavy atom. The fraction of sp³-hybridized carbons (Fsp3) is 0.160. The molecule has 0 spiro atoms. The molecule has 31 heavy (non-hydrogen) atoms. The van der Waals surface area contributed by atoms with Crippen molar-refractivity contribution in [2.75, 3.05) is 5.32 Å². The van der Waals surface area contributed by atoms with Crippen molar-refractivity contribution >= 4 is 23.4 Å². The SMILES string of the molecule is CC(C)CC(=O)Nc1ccc(C(=O)NNC(=O)c2ccc(-c3ccccc3)cc2)cc1. The lowest BCUT2D eigenvalue weighted by Crippen LogP contribution is -2.41. The third kappa shape index (κ3) is 6.27. The van der Waals surface area contributed by atoms with E-state index in [0.717, 1.165) is 11.1 Å². The van der Waals surface area contributed by atoms with Crippen LogP contribution in [0.1, 0.15) is 41.0 Å². The molecule has 3 N–H and O–H groups in total. The molecule has 0 aromatic heterocycles. The second-order valence-corrected chi connectivity index (χ2v) is 7.58. The van der Waals surface area contributed by atoms with Gasteiger partial charge in [0, 0.05) is 23.2 Å². The van der Waals surface area contributed by atoms with E-state index in [0.29, 0.717) is 23.2 Å². The number of amides is 3. The Morgan fingerprint density at radius 3 is 1.68 bits per heavy atom. The summed E-state index contributed by atoms with van der Waals surface area (Å²) < 4.78 is 0. The second-order valence-electron chi connectivity index (χ2n) is 7.58. The van der Waals surface area contributed by atoms with Gasteiger partial charge in [0.25, 0.3) is 11.8 Å². The summed E-state index contributed by atoms with van der Waals surface area (Å²) in [6.45, 7) is 3.94. The van der Waals surface area contributed by atoms with Gasteiger partial charge < -0.3 is 5.32 Å². The third-order valence-corrected chi connectivity index (χ3v) is 4.57. The molecule has 3 aromatic carbocycles. The van der Waals surface area contributed by atoms with Gasteiger partial charge in [0.2, 0.25) is 5.91 Å². The van der Waals surface area contributed by atoms with E-state index in [9.17, 15) is 14.4 Å². The number of nitrogens with one attached hydrogen (secondary N) is 3. The largest absolute Gasteiger partial charge is 0.326 e. The smallest absolute Gasteiger partial charge is 0.269 e. The predicted octanol–water partition coefficient (Wildman–Crippen LogP) is 4.41. The first-order valence-electron chi connectivity index (χ1n) is 10.1. The predicted molar refractivity (Wildman–Crippen MR) is 121 cm³/mol. The molecular weight excluding hydrogens is 390 g/mol. The van der Waals surface area contributed by atoms with Gasteiger partial charge in [-0.1, -0.05) is 56.3 Å². The molecule has 6 nitrogen and oxygen atoms in total. The maximum absolute atomic E-state index is 12.3. The maximum Gasteiger partial charge on any atom is 0.269 e. The first-order valence-corrected chi connectivity index (χ1v) is 10.1. The average Bonchev–Trinajstić information content (AvgIpc) is 2.78. The molecule has 0 atom stereocenters. The zero-order valence-corrected chi connectivity index (χ0v) is 17.5. The summed E-state index contributed by atoms with van der Waals surface area (Å²) in [5, 5.41) is 2.79. The van der Waals surface area contributed by atoms with Crippen LogP contribution in [0.15, 0.2) is 78.9 Å². The summed E-state index contributed by atoms with van der Waals surface area (Å²) in [5.41, 5.74) is 8.30. The van der Waals surface area contributed by atoms with Crippen molar-refractivity contribution in [1.82, 2.24) is 10.9 Å². The first-order chi connectivity index (χ1) is 14.9. The van der Waals surface area contributed by atoms with Crippen molar-refractivity contribution in [2.24, 2.45) is 5.92 Å². The molecule has 6 heteroatoms. The van der Waals surface area contributed by atoms with Crippen LogP contribution in [-0.4, -0.2) is 17.7 Å². The Morgan fingerprint density at radius 1 is 0.677 bits per heavy atom. The van der Waals surface area contributed by atoms with Crippen LogP contribution >= 0.6 is 0 Å². The number of rotatable bonds is 6. The number of hydrogen-bond acceptors (Lipinski definition) is 3. The Kier molecular flexibility index (Phi) is 7.17. The second kappa shape index (κ2) is 10.2. The highest BCUT2D eigenvalue weighted by Crippen LogP contribution is 2.19. The van der Waals surface area contributed by atoms with Gasteiger partial charge in [0.05, 0.1) is 0 Å². The molecule has 3 rings (SSSR count). The molecule has 3 amide bonds. The summed E-state index contributed by atoms with van der Waals surface area (Å²) in [6, 6.07) is 23.5. The van der Waals surface area contributed by atoms with E-state index in [2.05, 4.69) is 16.2 Å². The van der Waals surface area contributed by atoms with Crippen LogP contribution in [-0.2, 0) is 4.79 Å². The topological polar surface area (TPSA) is 87.3 Å². The molecule has 0 saturated heterocycles. The van der Waals surface area contributed by atoms with Crippen molar-refractivity contribution in [3.63, 3.8) is 0 Å². The maximum atomic E-state index is 12.3. The van der Waals surface area contributed by atoms with E-state index in [1.165, 1.54) is 0 Å². The number of carbonyl (C=O) groups is 3. The molecule has 0 bridgehead atoms. The van der Waals surface area contributed by atoms with Crippen molar-refractivity contribution in [3.05, 3.63) is 90.0 Å². The molecule has 0 aliphatic heterocycles. The molecule has 0 aliphatic carbocycles. The van der Waals surface area contributed by atoms with Gasteiger partial charge in [0.1, 0.15) is 0 Å². The third-order valence-electron chi connectivity index (χ3n) is 4.57. The van der Waals surface area contributed by atoms with E-state index in [1.54, 1.807) is 36.4 Å². The van der Waals surface area contributed by atoms with Gasteiger partial charge in [-0.25, -0.2) is 0 Å². The van der Waals surface area contributed by atoms with Gasteiger partial charge >= 0.3 is 0 Å². The molecule has 0 aliphatic rings. The van der Waals surface area contributed by atoms with Crippen LogP contribution in [0.4, 0.5) is 5.69 Å². The van der Waals surface area contributed by atoms with Gasteiger partial charge in [-0.3, -0.25) is 25.2 Å². The van der Waals surface area contributed by atoms with Crippen LogP contribution in [0.2, 0.25) is 0 Å². The van der Waals surface area contributed by atoms with E-state index >= 15 is 0 Å². The number of benzene rings is 3. The summed E-state index contributed by atoms with van der Waals surface area (Å²) in [5.74, 6) is -0.666. The number of anilines is 1. The van der Waals surface area contributed by atoms with Gasteiger partial charge in [-0.15, -0.1) is 0 Å². The van der Waals surface area contributed by atoms with Crippen LogP contribution in [0.25, 0.3) is 11.1 Å². The number of hydrazine groups is 1. The van der Waals surface area contributed by atoms with Crippen molar-refractivity contribution in [3.8, 4) is 11.1 Å². The van der Waals surface area contributed by atoms with Crippen LogP contribution in [0, 0.1) is 5.92 Å². The lowest BCUT2D eigenvalue weighted by molar-refractivity contribution is -0.116. The summed E-state index contributed by atoms with van der Waals surface area (Å²) in [7, 11) is 0. The monoisotopic (exact) mass is 415 g/mol. The van der Waals surface area contributed by atoms with Crippen LogP contribution in [0.5, 0.6) is 0 Å². The van der Waals surface area contributed by atoms with Gasteiger partial charge in [0.15, 0.2) is 0 Å². The molecule has 0 unspecified atom stereocenters. The minimum atomic E-state index is -0.450. The zero-order chi connectivity index (χ0) is 22.2. The number of hydrogen-bond donors (Lipinski definition) is 3. The lowest BCUT2D eigenvalue weighted by Gasteiger charge is -2.10. The Labute approximate surface area is 181 Å². The van der Waals surface area contributed by atoms with Gasteiger partial charge in [-0.2, -0.15) is 0 Å². The van der Waals surface area contributed by atoms with Crippen molar-refractivity contribution in [2.45, 2.75) is 20.3 Å². The van der Waals surface area contributed by atoms with Crippen LogP contribution < -0.4 is 16.2 Å². The van der Waals surface area contributed by atoms with Crippen molar-refractivity contribution in [1.29, 1.82) is 0 Å². The summed E-state index contributed by atoms with van der Waals surface area (Å²) >= 11 is 0. The minimum absolute atomic E-state index is 0.0715. The standard InChI is InChI=1S/C25H25N3O3/c1-17(2)16-23(29)26-22-14-12-21(13-15-22)25(31)28-27-24(30)20-10-8-19(9-11-20)18-6-4-3-5-7-18/h3-15,17H,16H2,1-2H3,(H,26,29)(H,27,30)(H,28,31). The zero-order valence-electron chi connectivity index (χ0n) is 17.5. The Hall–Kier alpha value is -3.93. The Bertz CT molecular complexity index is 1040. The molecule has 0 fully saturated rings. The van der Waals surface area contributed by atoms with Crippen molar-refractivity contribution < 1.29 is 14.4 Å². The van der Waals surface area contributed by atoms with E-state index in [4.69, 9.17) is 0 Å². The summed E-state index contributed by atoms with van der Waals surface area (Å²) in [4.78, 5) is 36.4. The molecule has 0 heterocycles. The molecule has 158 valence electrons. The lowest BCUT2D eigenvalue weighted by atomic mass is 10.0. The first kappa shape index (κ1) is 21.8. The number of carbonyl (C=O) groups excluding carboxylic acids is 3.